The van der Waals surface area contributed by atoms with Crippen molar-refractivity contribution in [1.82, 2.24) is 5.32 Å². The quantitative estimate of drug-likeness (QED) is 0.666. The number of alkyl carbamates (subject to hydrolysis) is 1. The lowest BCUT2D eigenvalue weighted by molar-refractivity contribution is -0.143. The Morgan fingerprint density at radius 1 is 1.23 bits per heavy atom. The summed E-state index contributed by atoms with van der Waals surface area (Å²) in [4.78, 5) is 33.9. The van der Waals surface area contributed by atoms with E-state index in [1.165, 1.54) is 19.2 Å². The molecule has 0 unspecified atom stereocenters. The Morgan fingerprint density at radius 3 is 2.27 bits per heavy atom. The number of methoxy groups -OCH3 is 1. The predicted octanol–water partition coefficient (Wildman–Crippen LogP) is 2.69. The maximum Gasteiger partial charge on any atom is 0.408 e. The molecule has 0 fully saturated rings. The summed E-state index contributed by atoms with van der Waals surface area (Å²) in [6.45, 7) is 5.18. The largest absolute Gasteiger partial charge is 0.467 e. The number of hydrogen-bond acceptors (Lipinski definition) is 6. The Morgan fingerprint density at radius 2 is 1.82 bits per heavy atom. The molecule has 7 nitrogen and oxygen atoms in total. The minimum atomic E-state index is -0.880. The van der Waals surface area contributed by atoms with E-state index >= 15 is 0 Å². The van der Waals surface area contributed by atoms with Crippen LogP contribution >= 0.6 is 0 Å². The van der Waals surface area contributed by atoms with Crippen LogP contribution in [0.15, 0.2) is 29.4 Å². The minimum Gasteiger partial charge on any atom is -0.467 e. The first-order valence-corrected chi connectivity index (χ1v) is 6.75. The smallest absolute Gasteiger partial charge is 0.408 e. The summed E-state index contributed by atoms with van der Waals surface area (Å²) in [7, 11) is 1.24. The fraction of sp³-hybridized carbons (Fsp3) is 0.467. The molecule has 0 aliphatic heterocycles. The van der Waals surface area contributed by atoms with Crippen LogP contribution in [0, 0.1) is 4.91 Å². The number of nitrogens with zero attached hydrogens (tertiary/aromatic N) is 1. The highest BCUT2D eigenvalue weighted by molar-refractivity contribution is 5.81. The third-order valence-corrected chi connectivity index (χ3v) is 2.66. The monoisotopic (exact) mass is 308 g/mol. The molecule has 7 heteroatoms. The molecule has 0 saturated carbocycles. The predicted molar refractivity (Wildman–Crippen MR) is 80.8 cm³/mol. The van der Waals surface area contributed by atoms with Gasteiger partial charge < -0.3 is 14.8 Å². The molecule has 0 spiro atoms. The van der Waals surface area contributed by atoms with Gasteiger partial charge in [-0.3, -0.25) is 0 Å². The topological polar surface area (TPSA) is 94.1 Å². The second-order valence-corrected chi connectivity index (χ2v) is 5.68. The van der Waals surface area contributed by atoms with Gasteiger partial charge in [-0.25, -0.2) is 9.59 Å². The summed E-state index contributed by atoms with van der Waals surface area (Å²) < 4.78 is 9.81. The van der Waals surface area contributed by atoms with Gasteiger partial charge in [-0.05, 0) is 43.6 Å². The number of nitrogens with one attached hydrogen (secondary N) is 1. The molecule has 1 atom stereocenters. The van der Waals surface area contributed by atoms with Crippen LogP contribution in [-0.2, 0) is 20.7 Å². The molecule has 0 saturated heterocycles. The maximum atomic E-state index is 11.8. The van der Waals surface area contributed by atoms with Crippen LogP contribution in [-0.4, -0.2) is 30.8 Å². The van der Waals surface area contributed by atoms with E-state index in [2.05, 4.69) is 15.2 Å². The fourth-order valence-electron chi connectivity index (χ4n) is 1.71. The molecule has 1 amide bonds. The Hall–Kier alpha value is -2.44. The lowest BCUT2D eigenvalue weighted by Crippen LogP contribution is -2.45. The fourth-order valence-corrected chi connectivity index (χ4v) is 1.71. The van der Waals surface area contributed by atoms with Crippen molar-refractivity contribution in [3.05, 3.63) is 34.7 Å². The number of carbonyl (C=O) groups is 2. The Labute approximate surface area is 129 Å². The molecular weight excluding hydrogens is 288 g/mol. The summed E-state index contributed by atoms with van der Waals surface area (Å²) in [6.07, 6.45) is -0.487. The van der Waals surface area contributed by atoms with Crippen LogP contribution in [0.25, 0.3) is 0 Å². The van der Waals surface area contributed by atoms with Crippen LogP contribution in [0.3, 0.4) is 0 Å². The van der Waals surface area contributed by atoms with E-state index in [9.17, 15) is 14.5 Å². The zero-order chi connectivity index (χ0) is 16.8. The third-order valence-electron chi connectivity index (χ3n) is 2.66. The number of amides is 1. The van der Waals surface area contributed by atoms with Gasteiger partial charge in [0.1, 0.15) is 17.3 Å². The molecule has 22 heavy (non-hydrogen) atoms. The molecule has 1 aromatic rings. The number of carbonyl (C=O) groups excluding carboxylic acids is 2. The number of benzene rings is 1. The van der Waals surface area contributed by atoms with Crippen molar-refractivity contribution in [2.75, 3.05) is 7.11 Å². The second kappa shape index (κ2) is 7.53. The van der Waals surface area contributed by atoms with E-state index in [1.54, 1.807) is 32.9 Å². The lowest BCUT2D eigenvalue weighted by Gasteiger charge is -2.22. The number of nitroso groups, excluding NO2 is 1. The van der Waals surface area contributed by atoms with Crippen LogP contribution in [0.4, 0.5) is 10.5 Å². The molecule has 0 heterocycles. The highest BCUT2D eigenvalue weighted by Gasteiger charge is 2.25. The Bertz CT molecular complexity index is 534. The lowest BCUT2D eigenvalue weighted by atomic mass is 10.1. The molecule has 0 aromatic heterocycles. The molecule has 0 aliphatic carbocycles. The first-order valence-electron chi connectivity index (χ1n) is 6.75. The summed E-state index contributed by atoms with van der Waals surface area (Å²) in [5.74, 6) is -0.580. The van der Waals surface area contributed by atoms with Gasteiger partial charge in [0.25, 0.3) is 0 Å². The first kappa shape index (κ1) is 17.6. The van der Waals surface area contributed by atoms with E-state index in [-0.39, 0.29) is 6.42 Å². The summed E-state index contributed by atoms with van der Waals surface area (Å²) in [5, 5.41) is 5.28. The first-order chi connectivity index (χ1) is 10.2. The molecule has 0 aliphatic rings. The van der Waals surface area contributed by atoms with Gasteiger partial charge in [-0.1, -0.05) is 12.1 Å². The molecular formula is C15H20N2O5. The number of hydrogen-bond donors (Lipinski definition) is 1. The summed E-state index contributed by atoms with van der Waals surface area (Å²) >= 11 is 0. The van der Waals surface area contributed by atoms with E-state index in [1.807, 2.05) is 0 Å². The van der Waals surface area contributed by atoms with Crippen molar-refractivity contribution in [2.45, 2.75) is 38.8 Å². The molecule has 1 aromatic carbocycles. The zero-order valence-corrected chi connectivity index (χ0v) is 13.1. The van der Waals surface area contributed by atoms with Crippen molar-refractivity contribution in [3.63, 3.8) is 0 Å². The van der Waals surface area contributed by atoms with E-state index in [0.717, 1.165) is 5.56 Å². The average molecular weight is 308 g/mol. The maximum absolute atomic E-state index is 11.8. The number of esters is 1. The van der Waals surface area contributed by atoms with E-state index < -0.39 is 23.7 Å². The second-order valence-electron chi connectivity index (χ2n) is 5.68. The van der Waals surface area contributed by atoms with Crippen LogP contribution in [0.5, 0.6) is 0 Å². The Balaban J connectivity index is 2.77. The van der Waals surface area contributed by atoms with Crippen LogP contribution < -0.4 is 5.32 Å². The Kier molecular flexibility index (Phi) is 6.03. The zero-order valence-electron chi connectivity index (χ0n) is 13.1. The van der Waals surface area contributed by atoms with Crippen molar-refractivity contribution < 1.29 is 19.1 Å². The van der Waals surface area contributed by atoms with Crippen molar-refractivity contribution in [1.29, 1.82) is 0 Å². The SMILES string of the molecule is COC(=O)[C@H](Cc1ccc(N=O)cc1)NC(=O)OC(C)(C)C. The third kappa shape index (κ3) is 5.90. The van der Waals surface area contributed by atoms with Crippen molar-refractivity contribution >= 4 is 17.7 Å². The molecule has 1 rings (SSSR count). The molecule has 1 N–H and O–H groups in total. The molecule has 120 valence electrons. The van der Waals surface area contributed by atoms with Crippen molar-refractivity contribution in [3.8, 4) is 0 Å². The van der Waals surface area contributed by atoms with Gasteiger partial charge in [-0.2, -0.15) is 0 Å². The summed E-state index contributed by atoms with van der Waals surface area (Å²) in [6, 6.07) is 5.50. The summed E-state index contributed by atoms with van der Waals surface area (Å²) in [5.41, 5.74) is 0.375. The normalized spacial score (nSPS) is 12.2. The van der Waals surface area contributed by atoms with Crippen LogP contribution in [0.1, 0.15) is 26.3 Å². The van der Waals surface area contributed by atoms with Gasteiger partial charge in [0.15, 0.2) is 0 Å². The van der Waals surface area contributed by atoms with Crippen molar-refractivity contribution in [2.24, 2.45) is 5.18 Å². The molecule has 0 bridgehead atoms. The van der Waals surface area contributed by atoms with Gasteiger partial charge in [-0.15, -0.1) is 4.91 Å². The number of rotatable bonds is 5. The minimum absolute atomic E-state index is 0.213. The van der Waals surface area contributed by atoms with E-state index in [0.29, 0.717) is 5.69 Å². The molecule has 0 radical (unpaired) electrons. The standard InChI is InChI=1S/C15H20N2O5/c1-15(2,3)22-14(19)16-12(13(18)21-4)9-10-5-7-11(17-20)8-6-10/h5-8,12H,9H2,1-4H3,(H,16,19)/t12-/m0/s1. The van der Waals surface area contributed by atoms with E-state index in [4.69, 9.17) is 4.74 Å². The van der Waals surface area contributed by atoms with Gasteiger partial charge in [0, 0.05) is 6.42 Å². The highest BCUT2D eigenvalue weighted by atomic mass is 16.6. The number of ether oxygens (including phenoxy) is 2. The van der Waals surface area contributed by atoms with Crippen LogP contribution in [0.2, 0.25) is 0 Å². The van der Waals surface area contributed by atoms with Gasteiger partial charge in [0.05, 0.1) is 7.11 Å². The average Bonchev–Trinajstić information content (AvgIpc) is 2.44. The highest BCUT2D eigenvalue weighted by Crippen LogP contribution is 2.14. The van der Waals surface area contributed by atoms with Gasteiger partial charge in [0.2, 0.25) is 0 Å². The van der Waals surface area contributed by atoms with Gasteiger partial charge >= 0.3 is 12.1 Å².